The Hall–Kier alpha value is -0.620. The van der Waals surface area contributed by atoms with Crippen LogP contribution in [0.25, 0.3) is 0 Å². The maximum atomic E-state index is 5.39. The van der Waals surface area contributed by atoms with Crippen molar-refractivity contribution in [2.24, 2.45) is 5.92 Å². The number of nitrogens with zero attached hydrogens (tertiary/aromatic N) is 3. The summed E-state index contributed by atoms with van der Waals surface area (Å²) in [6.07, 6.45) is 3.34. The Kier molecular flexibility index (Phi) is 5.00. The fourth-order valence-electron chi connectivity index (χ4n) is 1.90. The summed E-state index contributed by atoms with van der Waals surface area (Å²) in [7, 11) is 0. The topological polar surface area (TPSA) is 42.2 Å². The minimum atomic E-state index is 0.539. The average molecular weight is 285 g/mol. The van der Waals surface area contributed by atoms with Gasteiger partial charge in [-0.3, -0.25) is 0 Å². The molecular weight excluding hydrogens is 266 g/mol. The molecule has 0 unspecified atom stereocenters. The van der Waals surface area contributed by atoms with Crippen molar-refractivity contribution >= 4 is 28.3 Å². The second kappa shape index (κ2) is 6.52. The first-order valence-electron chi connectivity index (χ1n) is 6.38. The first kappa shape index (κ1) is 13.8. The van der Waals surface area contributed by atoms with Gasteiger partial charge in [0.15, 0.2) is 5.82 Å². The van der Waals surface area contributed by atoms with Crippen LogP contribution in [0.4, 0.5) is 0 Å². The van der Waals surface area contributed by atoms with Crippen LogP contribution in [0.1, 0.15) is 38.4 Å². The zero-order valence-corrected chi connectivity index (χ0v) is 12.5. The van der Waals surface area contributed by atoms with Gasteiger partial charge in [-0.1, -0.05) is 43.0 Å². The van der Waals surface area contributed by atoms with Gasteiger partial charge >= 0.3 is 0 Å². The highest BCUT2D eigenvalue weighted by atomic mass is 32.2. The lowest BCUT2D eigenvalue weighted by atomic mass is 10.1. The van der Waals surface area contributed by atoms with Crippen LogP contribution in [0.2, 0.25) is 0 Å². The molecule has 0 aromatic carbocycles. The molecule has 1 aliphatic heterocycles. The highest BCUT2D eigenvalue weighted by molar-refractivity contribution is 8.22. The van der Waals surface area contributed by atoms with Crippen molar-refractivity contribution in [2.75, 3.05) is 13.1 Å². The third-order valence-corrected chi connectivity index (χ3v) is 4.30. The zero-order chi connectivity index (χ0) is 13.0. The third kappa shape index (κ3) is 3.95. The molecule has 6 heteroatoms. The van der Waals surface area contributed by atoms with Crippen LogP contribution >= 0.6 is 24.0 Å². The van der Waals surface area contributed by atoms with Crippen molar-refractivity contribution in [2.45, 2.75) is 38.9 Å². The number of aromatic nitrogens is 2. The van der Waals surface area contributed by atoms with Gasteiger partial charge in [0.1, 0.15) is 4.32 Å². The van der Waals surface area contributed by atoms with Crippen molar-refractivity contribution < 1.29 is 4.52 Å². The summed E-state index contributed by atoms with van der Waals surface area (Å²) in [5, 5.41) is 3.98. The van der Waals surface area contributed by atoms with Crippen LogP contribution in [0, 0.1) is 5.92 Å². The van der Waals surface area contributed by atoms with E-state index in [0.717, 1.165) is 35.5 Å². The molecule has 4 nitrogen and oxygen atoms in total. The Morgan fingerprint density at radius 2 is 2.17 bits per heavy atom. The Morgan fingerprint density at radius 1 is 1.44 bits per heavy atom. The first-order chi connectivity index (χ1) is 8.65. The van der Waals surface area contributed by atoms with Gasteiger partial charge in [-0.2, -0.15) is 4.98 Å². The van der Waals surface area contributed by atoms with E-state index in [0.29, 0.717) is 11.7 Å². The quantitative estimate of drug-likeness (QED) is 0.792. The predicted molar refractivity (Wildman–Crippen MR) is 77.5 cm³/mol. The number of hydrogen-bond donors (Lipinski definition) is 0. The molecule has 0 aliphatic carbocycles. The van der Waals surface area contributed by atoms with E-state index in [1.54, 1.807) is 11.8 Å². The maximum Gasteiger partial charge on any atom is 0.226 e. The molecule has 2 rings (SSSR count). The van der Waals surface area contributed by atoms with Gasteiger partial charge in [0.05, 0.1) is 5.75 Å². The van der Waals surface area contributed by atoms with Crippen molar-refractivity contribution in [3.63, 3.8) is 0 Å². The van der Waals surface area contributed by atoms with Gasteiger partial charge in [0.25, 0.3) is 0 Å². The number of rotatable bonds is 4. The molecule has 1 fully saturated rings. The number of thioether (sulfide) groups is 1. The van der Waals surface area contributed by atoms with E-state index in [-0.39, 0.29) is 0 Å². The summed E-state index contributed by atoms with van der Waals surface area (Å²) >= 11 is 7.02. The molecule has 100 valence electrons. The highest BCUT2D eigenvalue weighted by Gasteiger charge is 2.16. The molecule has 0 spiro atoms. The van der Waals surface area contributed by atoms with E-state index >= 15 is 0 Å². The Labute approximate surface area is 118 Å². The Morgan fingerprint density at radius 3 is 2.83 bits per heavy atom. The fraction of sp³-hybridized carbons (Fsp3) is 0.750. The van der Waals surface area contributed by atoms with Crippen LogP contribution in [0.15, 0.2) is 4.52 Å². The van der Waals surface area contributed by atoms with Crippen molar-refractivity contribution in [1.82, 2.24) is 15.0 Å². The van der Waals surface area contributed by atoms with Gasteiger partial charge in [-0.15, -0.1) is 0 Å². The van der Waals surface area contributed by atoms with E-state index in [1.807, 2.05) is 0 Å². The van der Waals surface area contributed by atoms with Crippen LogP contribution in [-0.2, 0) is 12.2 Å². The van der Waals surface area contributed by atoms with Crippen molar-refractivity contribution in [3.05, 3.63) is 11.7 Å². The Balaban J connectivity index is 1.79. The molecule has 0 radical (unpaired) electrons. The fourth-order valence-corrected chi connectivity index (χ4v) is 2.99. The molecule has 2 heterocycles. The molecular formula is C12H19N3OS2. The van der Waals surface area contributed by atoms with E-state index in [1.165, 1.54) is 12.8 Å². The molecule has 1 aliphatic rings. The summed E-state index contributed by atoms with van der Waals surface area (Å²) in [6, 6.07) is 0. The van der Waals surface area contributed by atoms with E-state index in [4.69, 9.17) is 16.7 Å². The van der Waals surface area contributed by atoms with Crippen molar-refractivity contribution in [1.29, 1.82) is 0 Å². The van der Waals surface area contributed by atoms with Crippen LogP contribution < -0.4 is 0 Å². The predicted octanol–water partition coefficient (Wildman–Crippen LogP) is 2.88. The average Bonchev–Trinajstić information content (AvgIpc) is 2.95. The molecule has 0 bridgehead atoms. The molecule has 1 aromatic rings. The first-order valence-corrected chi connectivity index (χ1v) is 7.77. The molecule has 18 heavy (non-hydrogen) atoms. The highest BCUT2D eigenvalue weighted by Crippen LogP contribution is 2.19. The lowest BCUT2D eigenvalue weighted by Crippen LogP contribution is -2.23. The maximum absolute atomic E-state index is 5.39. The van der Waals surface area contributed by atoms with E-state index in [9.17, 15) is 0 Å². The molecule has 0 atom stereocenters. The summed E-state index contributed by atoms with van der Waals surface area (Å²) in [6.45, 7) is 6.47. The zero-order valence-electron chi connectivity index (χ0n) is 10.9. The second-order valence-electron chi connectivity index (χ2n) is 4.95. The third-order valence-electron chi connectivity index (χ3n) is 2.78. The minimum absolute atomic E-state index is 0.539. The minimum Gasteiger partial charge on any atom is -0.358 e. The number of thiocarbonyl (C=S) groups is 1. The van der Waals surface area contributed by atoms with Gasteiger partial charge in [-0.05, 0) is 18.8 Å². The summed E-state index contributed by atoms with van der Waals surface area (Å²) < 4.78 is 6.16. The van der Waals surface area contributed by atoms with E-state index < -0.39 is 0 Å². The second-order valence-corrected chi connectivity index (χ2v) is 6.56. The molecule has 0 N–H and O–H groups in total. The van der Waals surface area contributed by atoms with Gasteiger partial charge in [0, 0.05) is 19.5 Å². The number of likely N-dealkylation sites (tertiary alicyclic amines) is 1. The van der Waals surface area contributed by atoms with Crippen molar-refractivity contribution in [3.8, 4) is 0 Å². The monoisotopic (exact) mass is 285 g/mol. The summed E-state index contributed by atoms with van der Waals surface area (Å²) in [5.74, 6) is 2.72. The standard InChI is InChI=1S/C12H19N3OS2/c1-9(2)7-11-13-10(14-16-11)8-18-12(17)15-5-3-4-6-15/h9H,3-8H2,1-2H3. The molecule has 1 aromatic heterocycles. The van der Waals surface area contributed by atoms with Crippen LogP contribution in [-0.4, -0.2) is 32.5 Å². The largest absolute Gasteiger partial charge is 0.358 e. The Bertz CT molecular complexity index is 400. The smallest absolute Gasteiger partial charge is 0.226 e. The van der Waals surface area contributed by atoms with E-state index in [2.05, 4.69) is 28.9 Å². The van der Waals surface area contributed by atoms with Gasteiger partial charge in [-0.25, -0.2) is 0 Å². The molecule has 1 saturated heterocycles. The van der Waals surface area contributed by atoms with Crippen LogP contribution in [0.3, 0.4) is 0 Å². The molecule has 0 amide bonds. The lowest BCUT2D eigenvalue weighted by molar-refractivity contribution is 0.360. The van der Waals surface area contributed by atoms with Gasteiger partial charge < -0.3 is 9.42 Å². The van der Waals surface area contributed by atoms with Gasteiger partial charge in [0.2, 0.25) is 5.89 Å². The summed E-state index contributed by atoms with van der Waals surface area (Å²) in [4.78, 5) is 6.63. The number of hydrogen-bond acceptors (Lipinski definition) is 5. The lowest BCUT2D eigenvalue weighted by Gasteiger charge is -2.16. The van der Waals surface area contributed by atoms with Crippen LogP contribution in [0.5, 0.6) is 0 Å². The summed E-state index contributed by atoms with van der Waals surface area (Å²) in [5.41, 5.74) is 0. The molecule has 0 saturated carbocycles. The SMILES string of the molecule is CC(C)Cc1nc(CSC(=S)N2CCCC2)no1. The normalized spacial score (nSPS) is 15.6.